The summed E-state index contributed by atoms with van der Waals surface area (Å²) in [7, 11) is 0. The van der Waals surface area contributed by atoms with Gasteiger partial charge in [-0.15, -0.1) is 0 Å². The van der Waals surface area contributed by atoms with Gasteiger partial charge in [0, 0.05) is 32.0 Å². The highest BCUT2D eigenvalue weighted by Gasteiger charge is 2.36. The third-order valence-electron chi connectivity index (χ3n) is 7.90. The van der Waals surface area contributed by atoms with Crippen LogP contribution in [0.3, 0.4) is 0 Å². The van der Waals surface area contributed by atoms with E-state index in [4.69, 9.17) is 0 Å². The first-order valence-corrected chi connectivity index (χ1v) is 13.5. The summed E-state index contributed by atoms with van der Waals surface area (Å²) in [4.78, 5) is 2.44. The van der Waals surface area contributed by atoms with E-state index in [0.717, 1.165) is 10.2 Å². The fraction of sp³-hybridized carbons (Fsp3) is 0.0857. The van der Waals surface area contributed by atoms with Crippen molar-refractivity contribution in [3.05, 3.63) is 137 Å². The summed E-state index contributed by atoms with van der Waals surface area (Å²) < 4.78 is 1.14. The molecule has 0 bridgehead atoms. The zero-order valence-corrected chi connectivity index (χ0v) is 22.5. The minimum absolute atomic E-state index is 0.0614. The highest BCUT2D eigenvalue weighted by molar-refractivity contribution is 9.10. The Hall–Kier alpha value is -3.88. The molecule has 0 spiro atoms. The lowest BCUT2D eigenvalue weighted by Gasteiger charge is -2.30. The van der Waals surface area contributed by atoms with E-state index in [1.165, 1.54) is 55.2 Å². The maximum absolute atomic E-state index is 3.93. The van der Waals surface area contributed by atoms with Crippen molar-refractivity contribution in [1.29, 1.82) is 0 Å². The first kappa shape index (κ1) is 22.3. The van der Waals surface area contributed by atoms with Gasteiger partial charge in [0.05, 0.1) is 5.69 Å². The summed E-state index contributed by atoms with van der Waals surface area (Å²) in [6.07, 6.45) is 0. The lowest BCUT2D eigenvalue weighted by molar-refractivity contribution is 0.660. The molecule has 178 valence electrons. The zero-order valence-electron chi connectivity index (χ0n) is 20.9. The van der Waals surface area contributed by atoms with Crippen LogP contribution in [0.2, 0.25) is 0 Å². The average Bonchev–Trinajstić information content (AvgIpc) is 3.18. The Balaban J connectivity index is 1.56. The van der Waals surface area contributed by atoms with Crippen molar-refractivity contribution in [3.8, 4) is 11.1 Å². The Kier molecular flexibility index (Phi) is 5.02. The summed E-state index contributed by atoms with van der Waals surface area (Å²) in [5, 5.41) is 4.87. The van der Waals surface area contributed by atoms with Gasteiger partial charge in [-0.25, -0.2) is 0 Å². The van der Waals surface area contributed by atoms with E-state index in [0.29, 0.717) is 0 Å². The molecule has 37 heavy (non-hydrogen) atoms. The summed E-state index contributed by atoms with van der Waals surface area (Å²) in [5.41, 5.74) is 8.91. The molecule has 0 radical (unpaired) electrons. The highest BCUT2D eigenvalue weighted by atomic mass is 79.9. The lowest BCUT2D eigenvalue weighted by Crippen LogP contribution is -2.16. The Morgan fingerprint density at radius 2 is 1.05 bits per heavy atom. The van der Waals surface area contributed by atoms with Crippen molar-refractivity contribution in [2.24, 2.45) is 0 Å². The number of nitrogens with zero attached hydrogens (tertiary/aromatic N) is 1. The van der Waals surface area contributed by atoms with Crippen LogP contribution < -0.4 is 4.90 Å². The van der Waals surface area contributed by atoms with Gasteiger partial charge in [-0.1, -0.05) is 111 Å². The minimum atomic E-state index is -0.0614. The number of hydrogen-bond acceptors (Lipinski definition) is 1. The third-order valence-corrected chi connectivity index (χ3v) is 8.75. The van der Waals surface area contributed by atoms with Crippen LogP contribution >= 0.6 is 15.9 Å². The van der Waals surface area contributed by atoms with Crippen LogP contribution in [0.25, 0.3) is 32.7 Å². The largest absolute Gasteiger partial charge is 0.309 e. The quantitative estimate of drug-likeness (QED) is 0.202. The minimum Gasteiger partial charge on any atom is -0.309 e. The molecule has 1 aliphatic rings. The van der Waals surface area contributed by atoms with Crippen molar-refractivity contribution < 1.29 is 0 Å². The second kappa shape index (κ2) is 8.33. The lowest BCUT2D eigenvalue weighted by atomic mass is 9.82. The van der Waals surface area contributed by atoms with Crippen molar-refractivity contribution in [1.82, 2.24) is 0 Å². The SMILES string of the molecule is CC1(C)c2ccccc2-c2ccc(N(c3ccccc3)c3c4ccccc4c(Br)c4ccccc34)cc21. The summed E-state index contributed by atoms with van der Waals surface area (Å²) in [6, 6.07) is 44.0. The first-order valence-electron chi connectivity index (χ1n) is 12.7. The van der Waals surface area contributed by atoms with E-state index in [9.17, 15) is 0 Å². The molecule has 0 N–H and O–H groups in total. The van der Waals surface area contributed by atoms with Gasteiger partial charge in [0.25, 0.3) is 0 Å². The van der Waals surface area contributed by atoms with E-state index in [1.54, 1.807) is 0 Å². The van der Waals surface area contributed by atoms with E-state index in [-0.39, 0.29) is 5.41 Å². The predicted molar refractivity (Wildman–Crippen MR) is 161 cm³/mol. The number of halogens is 1. The monoisotopic (exact) mass is 539 g/mol. The Labute approximate surface area is 226 Å². The maximum Gasteiger partial charge on any atom is 0.0619 e. The molecule has 6 aromatic rings. The smallest absolute Gasteiger partial charge is 0.0619 e. The van der Waals surface area contributed by atoms with Crippen molar-refractivity contribution in [3.63, 3.8) is 0 Å². The van der Waals surface area contributed by atoms with Gasteiger partial charge in [0.2, 0.25) is 0 Å². The topological polar surface area (TPSA) is 3.24 Å². The van der Waals surface area contributed by atoms with E-state index in [1.807, 2.05) is 0 Å². The van der Waals surface area contributed by atoms with Crippen LogP contribution in [0, 0.1) is 0 Å². The molecule has 2 heteroatoms. The van der Waals surface area contributed by atoms with Gasteiger partial charge in [0.15, 0.2) is 0 Å². The van der Waals surface area contributed by atoms with Gasteiger partial charge in [0.1, 0.15) is 0 Å². The van der Waals surface area contributed by atoms with Crippen LogP contribution in [0.15, 0.2) is 126 Å². The van der Waals surface area contributed by atoms with Gasteiger partial charge in [-0.05, 0) is 73.2 Å². The van der Waals surface area contributed by atoms with Crippen molar-refractivity contribution >= 4 is 54.5 Å². The first-order chi connectivity index (χ1) is 18.1. The van der Waals surface area contributed by atoms with Crippen LogP contribution in [-0.2, 0) is 5.41 Å². The van der Waals surface area contributed by atoms with Crippen molar-refractivity contribution in [2.75, 3.05) is 4.90 Å². The number of para-hydroxylation sites is 1. The Morgan fingerprint density at radius 3 is 1.73 bits per heavy atom. The molecule has 0 saturated heterocycles. The number of benzene rings is 6. The normalized spacial score (nSPS) is 13.5. The second-order valence-corrected chi connectivity index (χ2v) is 11.1. The van der Waals surface area contributed by atoms with E-state index >= 15 is 0 Å². The van der Waals surface area contributed by atoms with Gasteiger partial charge in [-0.3, -0.25) is 0 Å². The standard InChI is InChI=1S/C35H26BrN/c1-35(2)31-19-11-10-14-25(31)26-21-20-24(22-32(26)35)37(23-12-4-3-5-13-23)34-29-17-8-6-15-27(29)33(36)28-16-7-9-18-30(28)34/h3-22H,1-2H3. The Bertz CT molecular complexity index is 1760. The summed E-state index contributed by atoms with van der Waals surface area (Å²) in [5.74, 6) is 0. The molecule has 1 aliphatic carbocycles. The predicted octanol–water partition coefficient (Wildman–Crippen LogP) is 10.5. The fourth-order valence-electron chi connectivity index (χ4n) is 6.11. The highest BCUT2D eigenvalue weighted by Crippen LogP contribution is 2.52. The van der Waals surface area contributed by atoms with Crippen LogP contribution in [-0.4, -0.2) is 0 Å². The van der Waals surface area contributed by atoms with Gasteiger partial charge < -0.3 is 4.90 Å². The number of fused-ring (bicyclic) bond motifs is 5. The molecule has 0 aromatic heterocycles. The van der Waals surface area contributed by atoms with E-state index in [2.05, 4.69) is 156 Å². The molecule has 1 nitrogen and oxygen atoms in total. The summed E-state index contributed by atoms with van der Waals surface area (Å²) >= 11 is 3.93. The number of anilines is 3. The van der Waals surface area contributed by atoms with Gasteiger partial charge >= 0.3 is 0 Å². The molecular formula is C35H26BrN. The maximum atomic E-state index is 3.93. The molecule has 0 heterocycles. The molecule has 7 rings (SSSR count). The molecule has 0 fully saturated rings. The van der Waals surface area contributed by atoms with E-state index < -0.39 is 0 Å². The molecule has 6 aromatic carbocycles. The molecule has 0 atom stereocenters. The fourth-order valence-corrected chi connectivity index (χ4v) is 6.80. The zero-order chi connectivity index (χ0) is 25.1. The van der Waals surface area contributed by atoms with Crippen LogP contribution in [0.5, 0.6) is 0 Å². The Morgan fingerprint density at radius 1 is 0.514 bits per heavy atom. The van der Waals surface area contributed by atoms with Crippen molar-refractivity contribution in [2.45, 2.75) is 19.3 Å². The van der Waals surface area contributed by atoms with Crippen LogP contribution in [0.1, 0.15) is 25.0 Å². The summed E-state index contributed by atoms with van der Waals surface area (Å²) in [6.45, 7) is 4.69. The molecule has 0 amide bonds. The molecular weight excluding hydrogens is 514 g/mol. The number of hydrogen-bond donors (Lipinski definition) is 0. The van der Waals surface area contributed by atoms with Crippen LogP contribution in [0.4, 0.5) is 17.1 Å². The number of rotatable bonds is 3. The second-order valence-electron chi connectivity index (χ2n) is 10.3. The molecule has 0 aliphatic heterocycles. The molecule has 0 saturated carbocycles. The molecule has 0 unspecified atom stereocenters. The third kappa shape index (κ3) is 3.29. The average molecular weight is 541 g/mol. The van der Waals surface area contributed by atoms with Gasteiger partial charge in [-0.2, -0.15) is 0 Å².